The molecule has 0 bridgehead atoms. The van der Waals surface area contributed by atoms with Crippen LogP contribution in [0.1, 0.15) is 18.1 Å². The number of rotatable bonds is 5. The number of nitrogens with zero attached hydrogens (tertiary/aromatic N) is 2. The maximum absolute atomic E-state index is 13.7. The highest BCUT2D eigenvalue weighted by Crippen LogP contribution is 2.36. The topological polar surface area (TPSA) is 32.8 Å². The van der Waals surface area contributed by atoms with E-state index >= 15 is 0 Å². The highest BCUT2D eigenvalue weighted by molar-refractivity contribution is 7.80. The Labute approximate surface area is 178 Å². The van der Waals surface area contributed by atoms with Crippen LogP contribution in [0.5, 0.6) is 5.75 Å². The smallest absolute Gasteiger partial charge is 0.276 e. The van der Waals surface area contributed by atoms with Crippen LogP contribution in [0.25, 0.3) is 6.08 Å². The van der Waals surface area contributed by atoms with Crippen LogP contribution in [0.15, 0.2) is 42.1 Å². The SMILES string of the molecule is CCN1C(=O)/C(=C/c2cc(Cl)c(OCc3ccccc3F)c(Cl)c2)N(C)C1=S. The molecule has 0 saturated carbocycles. The molecule has 1 saturated heterocycles. The van der Waals surface area contributed by atoms with E-state index in [2.05, 4.69) is 0 Å². The van der Waals surface area contributed by atoms with Crippen molar-refractivity contribution in [1.29, 1.82) is 0 Å². The van der Waals surface area contributed by atoms with Gasteiger partial charge < -0.3 is 9.64 Å². The van der Waals surface area contributed by atoms with E-state index in [0.29, 0.717) is 28.5 Å². The second-order valence-electron chi connectivity index (χ2n) is 6.11. The first-order valence-electron chi connectivity index (χ1n) is 8.50. The molecule has 0 radical (unpaired) electrons. The highest BCUT2D eigenvalue weighted by Gasteiger charge is 2.34. The maximum Gasteiger partial charge on any atom is 0.276 e. The molecule has 146 valence electrons. The molecule has 4 nitrogen and oxygen atoms in total. The number of hydrogen-bond donors (Lipinski definition) is 0. The van der Waals surface area contributed by atoms with Gasteiger partial charge in [0.2, 0.25) is 0 Å². The van der Waals surface area contributed by atoms with Crippen molar-refractivity contribution in [3.63, 3.8) is 0 Å². The van der Waals surface area contributed by atoms with Crippen molar-refractivity contribution in [3.05, 3.63) is 69.1 Å². The Morgan fingerprint density at radius 1 is 1.21 bits per heavy atom. The summed E-state index contributed by atoms with van der Waals surface area (Å²) in [4.78, 5) is 15.6. The van der Waals surface area contributed by atoms with E-state index in [1.807, 2.05) is 6.92 Å². The molecular weight excluding hydrogens is 422 g/mol. The summed E-state index contributed by atoms with van der Waals surface area (Å²) in [6.07, 6.45) is 1.67. The van der Waals surface area contributed by atoms with Crippen LogP contribution in [0, 0.1) is 5.82 Å². The molecule has 0 atom stereocenters. The van der Waals surface area contributed by atoms with E-state index in [1.54, 1.807) is 48.4 Å². The molecule has 8 heteroatoms. The fourth-order valence-corrected chi connectivity index (χ4v) is 3.74. The third-order valence-corrected chi connectivity index (χ3v) is 5.37. The van der Waals surface area contributed by atoms with Crippen LogP contribution in [0.2, 0.25) is 10.0 Å². The molecule has 0 aliphatic carbocycles. The lowest BCUT2D eigenvalue weighted by Crippen LogP contribution is -2.30. The summed E-state index contributed by atoms with van der Waals surface area (Å²) in [5.41, 5.74) is 1.45. The zero-order valence-electron chi connectivity index (χ0n) is 15.2. The van der Waals surface area contributed by atoms with E-state index < -0.39 is 0 Å². The summed E-state index contributed by atoms with van der Waals surface area (Å²) >= 11 is 17.9. The average molecular weight is 439 g/mol. The van der Waals surface area contributed by atoms with Gasteiger partial charge in [-0.15, -0.1) is 0 Å². The molecule has 2 aromatic rings. The molecule has 2 aromatic carbocycles. The number of likely N-dealkylation sites (N-methyl/N-ethyl adjacent to an activating group) is 2. The van der Waals surface area contributed by atoms with Crippen LogP contribution < -0.4 is 4.74 Å². The summed E-state index contributed by atoms with van der Waals surface area (Å²) in [5.74, 6) is -0.289. The van der Waals surface area contributed by atoms with Crippen molar-refractivity contribution < 1.29 is 13.9 Å². The number of thiocarbonyl (C=S) groups is 1. The number of benzene rings is 2. The van der Waals surface area contributed by atoms with Crippen LogP contribution in [0.4, 0.5) is 4.39 Å². The van der Waals surface area contributed by atoms with E-state index in [-0.39, 0.29) is 34.1 Å². The normalized spacial score (nSPS) is 15.7. The summed E-state index contributed by atoms with van der Waals surface area (Å²) in [6, 6.07) is 9.58. The van der Waals surface area contributed by atoms with Gasteiger partial charge in [0.25, 0.3) is 5.91 Å². The average Bonchev–Trinajstić information content (AvgIpc) is 2.85. The van der Waals surface area contributed by atoms with Crippen molar-refractivity contribution >= 4 is 52.5 Å². The zero-order valence-corrected chi connectivity index (χ0v) is 17.5. The summed E-state index contributed by atoms with van der Waals surface area (Å²) in [5, 5.41) is 0.971. The van der Waals surface area contributed by atoms with E-state index in [1.165, 1.54) is 11.0 Å². The van der Waals surface area contributed by atoms with Gasteiger partial charge in [-0.05, 0) is 49.0 Å². The lowest BCUT2D eigenvalue weighted by molar-refractivity contribution is -0.122. The molecule has 0 unspecified atom stereocenters. The molecule has 0 N–H and O–H groups in total. The number of hydrogen-bond acceptors (Lipinski definition) is 3. The van der Waals surface area contributed by atoms with Crippen LogP contribution in [-0.4, -0.2) is 34.4 Å². The predicted octanol–water partition coefficient (Wildman–Crippen LogP) is 5.13. The molecule has 28 heavy (non-hydrogen) atoms. The lowest BCUT2D eigenvalue weighted by Gasteiger charge is -2.14. The van der Waals surface area contributed by atoms with Gasteiger partial charge in [-0.1, -0.05) is 41.4 Å². The van der Waals surface area contributed by atoms with Gasteiger partial charge >= 0.3 is 0 Å². The second-order valence-corrected chi connectivity index (χ2v) is 7.29. The Bertz CT molecular complexity index is 957. The fraction of sp³-hybridized carbons (Fsp3) is 0.200. The minimum atomic E-state index is -0.365. The van der Waals surface area contributed by atoms with Crippen molar-refractivity contribution in [1.82, 2.24) is 9.80 Å². The quantitative estimate of drug-likeness (QED) is 0.478. The largest absolute Gasteiger partial charge is 0.486 e. The first-order chi connectivity index (χ1) is 13.3. The highest BCUT2D eigenvalue weighted by atomic mass is 35.5. The Morgan fingerprint density at radius 3 is 2.43 bits per heavy atom. The van der Waals surface area contributed by atoms with Crippen LogP contribution in [0.3, 0.4) is 0 Å². The van der Waals surface area contributed by atoms with Gasteiger partial charge in [0.1, 0.15) is 18.1 Å². The molecule has 1 amide bonds. The minimum Gasteiger partial charge on any atom is -0.486 e. The lowest BCUT2D eigenvalue weighted by atomic mass is 10.1. The van der Waals surface area contributed by atoms with E-state index in [4.69, 9.17) is 40.2 Å². The van der Waals surface area contributed by atoms with Crippen molar-refractivity contribution in [2.24, 2.45) is 0 Å². The van der Waals surface area contributed by atoms with Gasteiger partial charge in [0.05, 0.1) is 10.0 Å². The summed E-state index contributed by atoms with van der Waals surface area (Å²) < 4.78 is 19.4. The van der Waals surface area contributed by atoms with Crippen LogP contribution in [-0.2, 0) is 11.4 Å². The van der Waals surface area contributed by atoms with Gasteiger partial charge in [-0.2, -0.15) is 0 Å². The molecule has 0 spiro atoms. The Hall–Kier alpha value is -2.15. The number of carbonyl (C=O) groups is 1. The Kier molecular flexibility index (Phi) is 6.23. The van der Waals surface area contributed by atoms with Crippen LogP contribution >= 0.6 is 35.4 Å². The van der Waals surface area contributed by atoms with Gasteiger partial charge in [0, 0.05) is 19.2 Å². The third-order valence-electron chi connectivity index (χ3n) is 4.31. The van der Waals surface area contributed by atoms with Gasteiger partial charge in [-0.25, -0.2) is 4.39 Å². The first-order valence-corrected chi connectivity index (χ1v) is 9.66. The molecule has 0 aromatic heterocycles. The zero-order chi connectivity index (χ0) is 20.4. The fourth-order valence-electron chi connectivity index (χ4n) is 2.81. The number of carbonyl (C=O) groups excluding carboxylic acids is 1. The molecular formula is C20H17Cl2FN2O2S. The number of ether oxygens (including phenoxy) is 1. The van der Waals surface area contributed by atoms with Crippen molar-refractivity contribution in [3.8, 4) is 5.75 Å². The third kappa shape index (κ3) is 3.99. The standard InChI is InChI=1S/C20H17Cl2FN2O2S/c1-3-25-19(26)17(24(2)20(25)28)10-12-8-14(21)18(15(22)9-12)27-11-13-6-4-5-7-16(13)23/h4-10H,3,11H2,1-2H3/b17-10-. The minimum absolute atomic E-state index is 0.00645. The Balaban J connectivity index is 1.85. The summed E-state index contributed by atoms with van der Waals surface area (Å²) in [7, 11) is 1.73. The molecule has 1 heterocycles. The monoisotopic (exact) mass is 438 g/mol. The maximum atomic E-state index is 13.7. The number of amides is 1. The van der Waals surface area contributed by atoms with Crippen molar-refractivity contribution in [2.75, 3.05) is 13.6 Å². The van der Waals surface area contributed by atoms with E-state index in [0.717, 1.165) is 0 Å². The van der Waals surface area contributed by atoms with Crippen molar-refractivity contribution in [2.45, 2.75) is 13.5 Å². The molecule has 1 aliphatic heterocycles. The van der Waals surface area contributed by atoms with Gasteiger partial charge in [-0.3, -0.25) is 9.69 Å². The predicted molar refractivity (Wildman–Crippen MR) is 113 cm³/mol. The molecule has 1 aliphatic rings. The number of halogens is 3. The molecule has 3 rings (SSSR count). The van der Waals surface area contributed by atoms with Gasteiger partial charge in [0.15, 0.2) is 10.9 Å². The summed E-state index contributed by atoms with van der Waals surface area (Å²) in [6.45, 7) is 2.34. The van der Waals surface area contributed by atoms with E-state index in [9.17, 15) is 9.18 Å². The Morgan fingerprint density at radius 2 is 1.86 bits per heavy atom. The first kappa shape index (κ1) is 20.6. The molecule has 1 fully saturated rings. The second kappa shape index (κ2) is 8.47.